The van der Waals surface area contributed by atoms with Crippen molar-refractivity contribution in [1.82, 2.24) is 0 Å². The fraction of sp³-hybridized carbons (Fsp3) is 0.913. The van der Waals surface area contributed by atoms with Gasteiger partial charge in [-0.1, -0.05) is 59.6 Å². The molecule has 1 rings (SSSR count). The van der Waals surface area contributed by atoms with Crippen LogP contribution < -0.4 is 0 Å². The molecule has 26 heavy (non-hydrogen) atoms. The molecule has 4 atom stereocenters. The Bertz CT molecular complexity index is 448. The first-order valence-corrected chi connectivity index (χ1v) is 13.7. The molecule has 1 aliphatic rings. The summed E-state index contributed by atoms with van der Waals surface area (Å²) in [6.07, 6.45) is 7.70. The molecule has 0 radical (unpaired) electrons. The van der Waals surface area contributed by atoms with Gasteiger partial charge in [-0.15, -0.1) is 0 Å². The average molecular weight is 383 g/mol. The Kier molecular flexibility index (Phi) is 9.09. The fourth-order valence-corrected chi connectivity index (χ4v) is 5.15. The highest BCUT2D eigenvalue weighted by atomic mass is 28.4. The second kappa shape index (κ2) is 9.89. The molecule has 0 heterocycles. The fourth-order valence-electron chi connectivity index (χ4n) is 4.06. The van der Waals surface area contributed by atoms with Gasteiger partial charge in [-0.2, -0.15) is 0 Å². The molecule has 3 heteroatoms. The summed E-state index contributed by atoms with van der Waals surface area (Å²) in [5.41, 5.74) is 1.32. The Morgan fingerprint density at radius 2 is 1.81 bits per heavy atom. The monoisotopic (exact) mass is 382 g/mol. The normalized spacial score (nSPS) is 27.0. The largest absolute Gasteiger partial charge is 0.417 e. The number of rotatable bonds is 8. The highest BCUT2D eigenvalue weighted by Crippen LogP contribution is 2.40. The van der Waals surface area contributed by atoms with Crippen LogP contribution >= 0.6 is 0 Å². The van der Waals surface area contributed by atoms with Crippen LogP contribution in [0.5, 0.6) is 0 Å². The number of aliphatic hydroxyl groups excluding tert-OH is 1. The topological polar surface area (TPSA) is 29.5 Å². The van der Waals surface area contributed by atoms with Crippen LogP contribution in [0, 0.1) is 23.7 Å². The quantitative estimate of drug-likeness (QED) is 0.284. The standard InChI is InChI=1S/C23H46O2Si/c1-17(2)20-13-12-19(4)15-21(20)22(24)16-18(3)11-10-14-25-26(8,9)23(5,6)7/h16-17,19-22,24H,10-15H2,1-9H3/b18-16+/t19?,20?,21?,22-/m1/s1. The first-order valence-electron chi connectivity index (χ1n) is 10.8. The van der Waals surface area contributed by atoms with Crippen LogP contribution in [0.2, 0.25) is 18.1 Å². The summed E-state index contributed by atoms with van der Waals surface area (Å²) in [5, 5.41) is 11.1. The van der Waals surface area contributed by atoms with Gasteiger partial charge in [-0.25, -0.2) is 0 Å². The van der Waals surface area contributed by atoms with Crippen LogP contribution in [0.15, 0.2) is 11.6 Å². The van der Waals surface area contributed by atoms with E-state index in [4.69, 9.17) is 4.43 Å². The molecule has 0 amide bonds. The van der Waals surface area contributed by atoms with Crippen molar-refractivity contribution in [3.8, 4) is 0 Å². The molecule has 1 N–H and O–H groups in total. The Morgan fingerprint density at radius 1 is 1.19 bits per heavy atom. The minimum absolute atomic E-state index is 0.275. The van der Waals surface area contributed by atoms with Crippen molar-refractivity contribution >= 4 is 8.32 Å². The lowest BCUT2D eigenvalue weighted by molar-refractivity contribution is 0.0422. The average Bonchev–Trinajstić information content (AvgIpc) is 2.50. The Balaban J connectivity index is 2.52. The highest BCUT2D eigenvalue weighted by molar-refractivity contribution is 6.74. The summed E-state index contributed by atoms with van der Waals surface area (Å²) in [7, 11) is -1.63. The van der Waals surface area contributed by atoms with Gasteiger partial charge in [0.05, 0.1) is 6.10 Å². The second-order valence-corrected chi connectivity index (χ2v) is 15.5. The van der Waals surface area contributed by atoms with Crippen molar-refractivity contribution in [2.75, 3.05) is 6.61 Å². The third kappa shape index (κ3) is 7.13. The Morgan fingerprint density at radius 3 is 2.35 bits per heavy atom. The van der Waals surface area contributed by atoms with Gasteiger partial charge in [-0.3, -0.25) is 0 Å². The summed E-state index contributed by atoms with van der Waals surface area (Å²) in [6.45, 7) is 21.5. The third-order valence-corrected chi connectivity index (χ3v) is 11.5. The maximum Gasteiger partial charge on any atom is 0.191 e. The van der Waals surface area contributed by atoms with Crippen molar-refractivity contribution in [2.45, 2.75) is 105 Å². The molecule has 0 aromatic carbocycles. The Labute approximate surface area is 164 Å². The van der Waals surface area contributed by atoms with E-state index in [2.05, 4.69) is 67.6 Å². The predicted octanol–water partition coefficient (Wildman–Crippen LogP) is 6.80. The van der Waals surface area contributed by atoms with Gasteiger partial charge in [0.15, 0.2) is 8.32 Å². The van der Waals surface area contributed by atoms with Crippen molar-refractivity contribution < 1.29 is 9.53 Å². The predicted molar refractivity (Wildman–Crippen MR) is 117 cm³/mol. The minimum Gasteiger partial charge on any atom is -0.417 e. The second-order valence-electron chi connectivity index (χ2n) is 10.7. The molecule has 0 aromatic heterocycles. The number of aliphatic hydroxyl groups is 1. The van der Waals surface area contributed by atoms with Gasteiger partial charge in [0.1, 0.15) is 0 Å². The highest BCUT2D eigenvalue weighted by Gasteiger charge is 2.37. The molecule has 1 saturated carbocycles. The maximum absolute atomic E-state index is 10.9. The molecule has 0 spiro atoms. The zero-order chi connectivity index (χ0) is 20.1. The van der Waals surface area contributed by atoms with E-state index in [1.807, 2.05) is 0 Å². The number of hydrogen-bond acceptors (Lipinski definition) is 2. The van der Waals surface area contributed by atoms with Gasteiger partial charge >= 0.3 is 0 Å². The van der Waals surface area contributed by atoms with Crippen LogP contribution in [-0.4, -0.2) is 26.1 Å². The molecule has 1 aliphatic carbocycles. The van der Waals surface area contributed by atoms with Crippen LogP contribution in [0.25, 0.3) is 0 Å². The molecule has 2 nitrogen and oxygen atoms in total. The van der Waals surface area contributed by atoms with E-state index in [1.165, 1.54) is 24.8 Å². The van der Waals surface area contributed by atoms with Crippen LogP contribution in [0.3, 0.4) is 0 Å². The van der Waals surface area contributed by atoms with Crippen LogP contribution in [0.1, 0.15) is 80.6 Å². The lowest BCUT2D eigenvalue weighted by Crippen LogP contribution is -2.40. The molecule has 0 bridgehead atoms. The number of allylic oxidation sites excluding steroid dienone is 1. The third-order valence-electron chi connectivity index (χ3n) is 6.95. The van der Waals surface area contributed by atoms with Crippen molar-refractivity contribution in [3.63, 3.8) is 0 Å². The molecule has 154 valence electrons. The molecule has 1 fully saturated rings. The molecule has 0 aromatic rings. The molecule has 0 saturated heterocycles. The van der Waals surface area contributed by atoms with Crippen LogP contribution in [-0.2, 0) is 4.43 Å². The van der Waals surface area contributed by atoms with Gasteiger partial charge < -0.3 is 9.53 Å². The van der Waals surface area contributed by atoms with Gasteiger partial charge in [0, 0.05) is 6.61 Å². The van der Waals surface area contributed by atoms with Crippen molar-refractivity contribution in [2.24, 2.45) is 23.7 Å². The number of hydrogen-bond donors (Lipinski definition) is 1. The van der Waals surface area contributed by atoms with E-state index >= 15 is 0 Å². The van der Waals surface area contributed by atoms with Gasteiger partial charge in [-0.05, 0) is 74.4 Å². The van der Waals surface area contributed by atoms with E-state index in [0.29, 0.717) is 17.8 Å². The smallest absolute Gasteiger partial charge is 0.191 e. The molecule has 3 unspecified atom stereocenters. The van der Waals surface area contributed by atoms with Crippen molar-refractivity contribution in [3.05, 3.63) is 11.6 Å². The first kappa shape index (κ1) is 23.9. The van der Waals surface area contributed by atoms with Gasteiger partial charge in [0.25, 0.3) is 0 Å². The molecular formula is C23H46O2Si. The summed E-state index contributed by atoms with van der Waals surface area (Å²) >= 11 is 0. The lowest BCUT2D eigenvalue weighted by atomic mass is 9.68. The maximum atomic E-state index is 10.9. The summed E-state index contributed by atoms with van der Waals surface area (Å²) in [4.78, 5) is 0. The van der Waals surface area contributed by atoms with Crippen molar-refractivity contribution in [1.29, 1.82) is 0 Å². The van der Waals surface area contributed by atoms with E-state index in [0.717, 1.165) is 25.4 Å². The van der Waals surface area contributed by atoms with E-state index < -0.39 is 8.32 Å². The zero-order valence-corrected chi connectivity index (χ0v) is 20.1. The lowest BCUT2D eigenvalue weighted by Gasteiger charge is -2.39. The summed E-state index contributed by atoms with van der Waals surface area (Å²) < 4.78 is 6.28. The van der Waals surface area contributed by atoms with E-state index in [-0.39, 0.29) is 11.1 Å². The van der Waals surface area contributed by atoms with Crippen LogP contribution in [0.4, 0.5) is 0 Å². The zero-order valence-electron chi connectivity index (χ0n) is 19.1. The summed E-state index contributed by atoms with van der Waals surface area (Å²) in [6, 6.07) is 0. The molecular weight excluding hydrogens is 336 g/mol. The SMILES string of the molecule is C/C(=C\[C@@H](O)C1CC(C)CCC1C(C)C)CCCO[Si](C)(C)C(C)(C)C. The first-order chi connectivity index (χ1) is 11.8. The van der Waals surface area contributed by atoms with E-state index in [1.54, 1.807) is 0 Å². The molecule has 0 aliphatic heterocycles. The minimum atomic E-state index is -1.63. The summed E-state index contributed by atoms with van der Waals surface area (Å²) in [5.74, 6) is 2.49. The Hall–Kier alpha value is -0.123. The van der Waals surface area contributed by atoms with E-state index in [9.17, 15) is 5.11 Å². The van der Waals surface area contributed by atoms with Gasteiger partial charge in [0.2, 0.25) is 0 Å².